The van der Waals surface area contributed by atoms with Crippen molar-refractivity contribution in [3.05, 3.63) is 0 Å². The molecule has 2 aliphatic rings. The second kappa shape index (κ2) is 5.31. The van der Waals surface area contributed by atoms with Crippen LogP contribution in [-0.2, 0) is 12.3 Å². The summed E-state index contributed by atoms with van der Waals surface area (Å²) in [4.78, 5) is 0. The van der Waals surface area contributed by atoms with Gasteiger partial charge in [-0.05, 0) is 39.3 Å². The van der Waals surface area contributed by atoms with Crippen LogP contribution in [0.5, 0.6) is 0 Å². The number of nitrogens with zero attached hydrogens (tertiary/aromatic N) is 2. The van der Waals surface area contributed by atoms with Gasteiger partial charge in [0.15, 0.2) is 8.40 Å². The van der Waals surface area contributed by atoms with E-state index in [1.54, 1.807) is 0 Å². The van der Waals surface area contributed by atoms with Crippen LogP contribution in [0.25, 0.3) is 0 Å². The Kier molecular flexibility index (Phi) is 4.71. The molecule has 2 aliphatic heterocycles. The van der Waals surface area contributed by atoms with Gasteiger partial charge in [0, 0.05) is 0 Å². The molecule has 0 N–H and O–H groups in total. The first kappa shape index (κ1) is 20.4. The molecular weight excluding hydrogens is 389 g/mol. The molecule has 0 saturated carbocycles. The van der Waals surface area contributed by atoms with Crippen molar-refractivity contribution in [1.82, 2.24) is 7.79 Å². The molecule has 0 atom stereocenters. The average molecular weight is 425 g/mol. The zero-order chi connectivity index (χ0) is 18.3. The van der Waals surface area contributed by atoms with Gasteiger partial charge in [-0.3, -0.25) is 0 Å². The van der Waals surface area contributed by atoms with Crippen LogP contribution in [0.15, 0.2) is 0 Å². The van der Waals surface area contributed by atoms with E-state index >= 15 is 0 Å². The molecule has 5 nitrogen and oxygen atoms in total. The van der Waals surface area contributed by atoms with Crippen LogP contribution < -0.4 is 0 Å². The average Bonchev–Trinajstić information content (AvgIpc) is 2.00. The smallest absolute Gasteiger partial charge is 0.416 e. The summed E-state index contributed by atoms with van der Waals surface area (Å²) in [7, 11) is -11.6. The van der Waals surface area contributed by atoms with Crippen molar-refractivity contribution in [2.24, 2.45) is 0 Å². The quantitative estimate of drug-likeness (QED) is 0.628. The van der Waals surface area contributed by atoms with Gasteiger partial charge < -0.3 is 20.1 Å². The molecule has 136 valence electrons. The third-order valence-corrected chi connectivity index (χ3v) is 38.3. The Morgan fingerprint density at radius 2 is 0.870 bits per heavy atom. The van der Waals surface area contributed by atoms with E-state index in [9.17, 15) is 0 Å². The van der Waals surface area contributed by atoms with Crippen molar-refractivity contribution >= 4 is 50.9 Å². The van der Waals surface area contributed by atoms with Crippen molar-refractivity contribution in [3.63, 3.8) is 0 Å². The molecule has 0 aromatic rings. The molecule has 23 heavy (non-hydrogen) atoms. The summed E-state index contributed by atoms with van der Waals surface area (Å²) in [6.07, 6.45) is 0. The largest absolute Gasteiger partial charge is 0.479 e. The lowest BCUT2D eigenvalue weighted by molar-refractivity contribution is 0.164. The molecule has 11 heteroatoms. The summed E-state index contributed by atoms with van der Waals surface area (Å²) >= 11 is 0. The molecule has 0 aromatic heterocycles. The third kappa shape index (κ3) is 3.39. The van der Waals surface area contributed by atoms with Crippen LogP contribution in [0.3, 0.4) is 0 Å². The molecule has 2 saturated heterocycles. The Labute approximate surface area is 149 Å². The zero-order valence-electron chi connectivity index (χ0n) is 17.1. The SMILES string of the molecule is C[Si]1(C)O[Si](C)(C)O[Si]2(O1)N([Si](C)(C)C)[Si](C)(C)N2[Si](C)(C)C. The summed E-state index contributed by atoms with van der Waals surface area (Å²) in [5.41, 5.74) is 0. The van der Waals surface area contributed by atoms with E-state index < -0.39 is 50.9 Å². The molecule has 0 radical (unpaired) electrons. The number of hydrogen-bond acceptors (Lipinski definition) is 5. The normalized spacial score (nSPS) is 30.3. The fourth-order valence-electron chi connectivity index (χ4n) is 4.81. The van der Waals surface area contributed by atoms with Crippen molar-refractivity contribution in [2.45, 2.75) is 78.6 Å². The van der Waals surface area contributed by atoms with E-state index in [0.717, 1.165) is 0 Å². The molecule has 2 fully saturated rings. The van der Waals surface area contributed by atoms with Crippen molar-refractivity contribution in [2.75, 3.05) is 0 Å². The molecule has 2 heterocycles. The molecular formula is C12H36N2O3Si6. The summed E-state index contributed by atoms with van der Waals surface area (Å²) in [5, 5.41) is 0. The molecule has 0 unspecified atom stereocenters. The van der Waals surface area contributed by atoms with E-state index in [4.69, 9.17) is 12.3 Å². The van der Waals surface area contributed by atoms with Crippen LogP contribution in [0.1, 0.15) is 0 Å². The predicted octanol–water partition coefficient (Wildman–Crippen LogP) is 3.88. The highest BCUT2D eigenvalue weighted by molar-refractivity contribution is 7.20. The molecule has 0 aliphatic carbocycles. The molecule has 1 spiro atoms. The van der Waals surface area contributed by atoms with Gasteiger partial charge >= 0.3 is 26.0 Å². The van der Waals surface area contributed by atoms with Gasteiger partial charge in [0.2, 0.25) is 0 Å². The van der Waals surface area contributed by atoms with Crippen molar-refractivity contribution < 1.29 is 12.3 Å². The van der Waals surface area contributed by atoms with E-state index in [1.807, 2.05) is 0 Å². The third-order valence-electron chi connectivity index (χ3n) is 4.25. The fraction of sp³-hybridized carbons (Fsp3) is 1.00. The van der Waals surface area contributed by atoms with Gasteiger partial charge in [0.05, 0.1) is 0 Å². The highest BCUT2D eigenvalue weighted by Gasteiger charge is 2.79. The number of hydrogen-bond donors (Lipinski definition) is 0. The Morgan fingerprint density at radius 3 is 1.13 bits per heavy atom. The predicted molar refractivity (Wildman–Crippen MR) is 112 cm³/mol. The van der Waals surface area contributed by atoms with Crippen molar-refractivity contribution in [1.29, 1.82) is 0 Å². The van der Waals surface area contributed by atoms with Crippen LogP contribution in [0, 0.1) is 0 Å². The molecule has 0 bridgehead atoms. The van der Waals surface area contributed by atoms with E-state index in [0.29, 0.717) is 0 Å². The Hall–Kier alpha value is 1.10. The summed E-state index contributed by atoms with van der Waals surface area (Å²) < 4.78 is 25.7. The lowest BCUT2D eigenvalue weighted by atomic mass is 11.8. The van der Waals surface area contributed by atoms with Crippen molar-refractivity contribution in [3.8, 4) is 0 Å². The van der Waals surface area contributed by atoms with E-state index in [-0.39, 0.29) is 0 Å². The first-order valence-electron chi connectivity index (χ1n) is 8.57. The second-order valence-electron chi connectivity index (χ2n) is 10.2. The zero-order valence-corrected chi connectivity index (χ0v) is 23.1. The maximum Gasteiger partial charge on any atom is 0.479 e. The number of rotatable bonds is 2. The standard InChI is InChI=1S/C12H36N2O3Si6/c1-18(2,3)13-20(7,8)14(19(4,5)6)23(13)16-21(9,10)15-22(11,12)17-23/h1-12H3. The Balaban J connectivity index is 2.62. The van der Waals surface area contributed by atoms with E-state index in [2.05, 4.69) is 86.4 Å². The summed E-state index contributed by atoms with van der Waals surface area (Å²) in [6.45, 7) is 28.5. The fourth-order valence-corrected chi connectivity index (χ4v) is 50.4. The lowest BCUT2D eigenvalue weighted by Crippen LogP contribution is -3.03. The highest BCUT2D eigenvalue weighted by Crippen LogP contribution is 2.51. The summed E-state index contributed by atoms with van der Waals surface area (Å²) in [5.74, 6) is 0. The Bertz CT molecular complexity index is 452. The topological polar surface area (TPSA) is 34.2 Å². The first-order chi connectivity index (χ1) is 9.85. The van der Waals surface area contributed by atoms with Crippen LogP contribution in [-0.4, -0.2) is 58.7 Å². The maximum atomic E-state index is 6.87. The molecule has 0 aromatic carbocycles. The van der Waals surface area contributed by atoms with Gasteiger partial charge in [0.1, 0.15) is 16.5 Å². The van der Waals surface area contributed by atoms with Gasteiger partial charge in [-0.25, -0.2) is 0 Å². The van der Waals surface area contributed by atoms with Gasteiger partial charge in [0.25, 0.3) is 0 Å². The minimum atomic E-state index is -2.52. The Morgan fingerprint density at radius 1 is 0.565 bits per heavy atom. The maximum absolute atomic E-state index is 6.87. The molecule has 2 rings (SSSR count). The first-order valence-corrected chi connectivity index (χ1v) is 25.7. The monoisotopic (exact) mass is 424 g/mol. The van der Waals surface area contributed by atoms with Gasteiger partial charge in [-0.2, -0.15) is 0 Å². The highest BCUT2D eigenvalue weighted by atomic mass is 28.6. The van der Waals surface area contributed by atoms with Crippen LogP contribution >= 0.6 is 0 Å². The minimum Gasteiger partial charge on any atom is -0.416 e. The second-order valence-corrected chi connectivity index (χ2v) is 36.3. The summed E-state index contributed by atoms with van der Waals surface area (Å²) in [6, 6.07) is 0. The molecule has 0 amide bonds. The minimum absolute atomic E-state index is 1.54. The van der Waals surface area contributed by atoms with Crippen LogP contribution in [0.2, 0.25) is 78.6 Å². The van der Waals surface area contributed by atoms with Crippen LogP contribution in [0.4, 0.5) is 0 Å². The van der Waals surface area contributed by atoms with Gasteiger partial charge in [-0.15, -0.1) is 0 Å². The van der Waals surface area contributed by atoms with E-state index in [1.165, 1.54) is 0 Å². The lowest BCUT2D eigenvalue weighted by Gasteiger charge is -2.75. The van der Waals surface area contributed by atoms with Gasteiger partial charge in [-0.1, -0.05) is 39.3 Å².